The van der Waals surface area contributed by atoms with Crippen LogP contribution in [-0.2, 0) is 0 Å². The van der Waals surface area contributed by atoms with Crippen LogP contribution in [0.15, 0.2) is 0 Å². The minimum Gasteiger partial charge on any atom is -0.271 e. The SMILES string of the molecule is CC(C)CCCC(NN)C1CSC(C)C(C)S1. The number of nitrogens with one attached hydrogen (secondary N) is 1. The van der Waals surface area contributed by atoms with Gasteiger partial charge in [-0.25, -0.2) is 0 Å². The molecule has 1 heterocycles. The zero-order valence-corrected chi connectivity index (χ0v) is 13.2. The Morgan fingerprint density at radius 1 is 1.24 bits per heavy atom. The summed E-state index contributed by atoms with van der Waals surface area (Å²) in [6.07, 6.45) is 3.82. The van der Waals surface area contributed by atoms with Gasteiger partial charge in [0.15, 0.2) is 0 Å². The van der Waals surface area contributed by atoms with Crippen molar-refractivity contribution in [1.82, 2.24) is 5.43 Å². The Hall–Kier alpha value is 0.620. The molecule has 0 amide bonds. The average Bonchev–Trinajstić information content (AvgIpc) is 2.28. The summed E-state index contributed by atoms with van der Waals surface area (Å²) >= 11 is 4.22. The molecular weight excluding hydrogens is 248 g/mol. The third-order valence-corrected chi connectivity index (χ3v) is 7.08. The second-order valence-electron chi connectivity index (χ2n) is 5.52. The van der Waals surface area contributed by atoms with Gasteiger partial charge in [-0.1, -0.05) is 40.5 Å². The average molecular weight is 277 g/mol. The van der Waals surface area contributed by atoms with Crippen molar-refractivity contribution in [1.29, 1.82) is 0 Å². The van der Waals surface area contributed by atoms with Crippen LogP contribution in [0.25, 0.3) is 0 Å². The Kier molecular flexibility index (Phi) is 7.31. The summed E-state index contributed by atoms with van der Waals surface area (Å²) < 4.78 is 0. The molecule has 0 bridgehead atoms. The second kappa shape index (κ2) is 7.93. The predicted octanol–water partition coefficient (Wildman–Crippen LogP) is 3.27. The highest BCUT2D eigenvalue weighted by Crippen LogP contribution is 2.37. The molecule has 0 aliphatic carbocycles. The molecule has 0 aromatic rings. The smallest absolute Gasteiger partial charge is 0.0337 e. The van der Waals surface area contributed by atoms with Crippen LogP contribution in [0.1, 0.15) is 47.0 Å². The molecule has 102 valence electrons. The highest BCUT2D eigenvalue weighted by atomic mass is 32.2. The Bertz CT molecular complexity index is 212. The van der Waals surface area contributed by atoms with Crippen molar-refractivity contribution in [2.24, 2.45) is 11.8 Å². The van der Waals surface area contributed by atoms with E-state index in [-0.39, 0.29) is 0 Å². The van der Waals surface area contributed by atoms with E-state index in [0.717, 1.165) is 16.4 Å². The predicted molar refractivity (Wildman–Crippen MR) is 82.6 cm³/mol. The van der Waals surface area contributed by atoms with E-state index in [0.29, 0.717) is 11.3 Å². The molecule has 1 saturated heterocycles. The summed E-state index contributed by atoms with van der Waals surface area (Å²) in [5.74, 6) is 7.78. The lowest BCUT2D eigenvalue weighted by Crippen LogP contribution is -2.46. The fraction of sp³-hybridized carbons (Fsp3) is 1.00. The van der Waals surface area contributed by atoms with E-state index in [1.807, 2.05) is 0 Å². The summed E-state index contributed by atoms with van der Waals surface area (Å²) in [4.78, 5) is 0. The molecule has 2 nitrogen and oxygen atoms in total. The number of hydrogen-bond acceptors (Lipinski definition) is 4. The van der Waals surface area contributed by atoms with Gasteiger partial charge < -0.3 is 0 Å². The van der Waals surface area contributed by atoms with Gasteiger partial charge in [-0.15, -0.1) is 0 Å². The van der Waals surface area contributed by atoms with Crippen molar-refractivity contribution in [3.63, 3.8) is 0 Å². The minimum absolute atomic E-state index is 0.487. The molecular formula is C13H28N2S2. The number of hydrazine groups is 1. The summed E-state index contributed by atoms with van der Waals surface area (Å²) in [6.45, 7) is 9.26. The number of thioether (sulfide) groups is 2. The van der Waals surface area contributed by atoms with Crippen molar-refractivity contribution >= 4 is 23.5 Å². The van der Waals surface area contributed by atoms with Crippen LogP contribution in [-0.4, -0.2) is 27.5 Å². The molecule has 0 spiro atoms. The molecule has 1 rings (SSSR count). The van der Waals surface area contributed by atoms with E-state index in [1.165, 1.54) is 25.0 Å². The lowest BCUT2D eigenvalue weighted by molar-refractivity contribution is 0.441. The maximum absolute atomic E-state index is 5.73. The van der Waals surface area contributed by atoms with E-state index < -0.39 is 0 Å². The van der Waals surface area contributed by atoms with Crippen LogP contribution in [0.3, 0.4) is 0 Å². The second-order valence-corrected chi connectivity index (χ2v) is 8.55. The maximum atomic E-state index is 5.73. The first kappa shape index (κ1) is 15.7. The Morgan fingerprint density at radius 3 is 2.47 bits per heavy atom. The van der Waals surface area contributed by atoms with Gasteiger partial charge in [-0.05, 0) is 12.3 Å². The van der Waals surface area contributed by atoms with Crippen LogP contribution in [0.2, 0.25) is 0 Å². The molecule has 0 aromatic carbocycles. The van der Waals surface area contributed by atoms with Gasteiger partial charge in [0.25, 0.3) is 0 Å². The van der Waals surface area contributed by atoms with Gasteiger partial charge in [0, 0.05) is 27.5 Å². The summed E-state index contributed by atoms with van der Waals surface area (Å²) in [7, 11) is 0. The molecule has 17 heavy (non-hydrogen) atoms. The quantitative estimate of drug-likeness (QED) is 0.577. The lowest BCUT2D eigenvalue weighted by Gasteiger charge is -2.35. The van der Waals surface area contributed by atoms with Crippen LogP contribution in [0.4, 0.5) is 0 Å². The molecule has 4 heteroatoms. The van der Waals surface area contributed by atoms with Gasteiger partial charge in [0.1, 0.15) is 0 Å². The number of nitrogens with two attached hydrogens (primary N) is 1. The van der Waals surface area contributed by atoms with Crippen LogP contribution in [0.5, 0.6) is 0 Å². The fourth-order valence-corrected chi connectivity index (χ4v) is 5.29. The summed E-state index contributed by atoms with van der Waals surface area (Å²) in [6, 6.07) is 0.487. The van der Waals surface area contributed by atoms with Gasteiger partial charge in [-0.2, -0.15) is 23.5 Å². The lowest BCUT2D eigenvalue weighted by atomic mass is 10.0. The zero-order valence-electron chi connectivity index (χ0n) is 11.6. The zero-order chi connectivity index (χ0) is 12.8. The van der Waals surface area contributed by atoms with Crippen molar-refractivity contribution in [2.75, 3.05) is 5.75 Å². The topological polar surface area (TPSA) is 38.0 Å². The van der Waals surface area contributed by atoms with Crippen molar-refractivity contribution < 1.29 is 0 Å². The molecule has 4 unspecified atom stereocenters. The number of hydrogen-bond donors (Lipinski definition) is 2. The molecule has 3 N–H and O–H groups in total. The first-order valence-corrected chi connectivity index (χ1v) is 8.77. The first-order chi connectivity index (χ1) is 8.04. The monoisotopic (exact) mass is 276 g/mol. The maximum Gasteiger partial charge on any atom is 0.0337 e. The van der Waals surface area contributed by atoms with Gasteiger partial charge in [0.2, 0.25) is 0 Å². The van der Waals surface area contributed by atoms with Gasteiger partial charge >= 0.3 is 0 Å². The third kappa shape index (κ3) is 5.41. The first-order valence-electron chi connectivity index (χ1n) is 6.77. The van der Waals surface area contributed by atoms with E-state index in [2.05, 4.69) is 56.6 Å². The Labute approximate surface area is 115 Å². The highest BCUT2D eigenvalue weighted by molar-refractivity contribution is 8.07. The van der Waals surface area contributed by atoms with E-state index in [1.54, 1.807) is 0 Å². The Balaban J connectivity index is 2.34. The van der Waals surface area contributed by atoms with Gasteiger partial charge in [0.05, 0.1) is 0 Å². The summed E-state index contributed by atoms with van der Waals surface area (Å²) in [5.41, 5.74) is 3.05. The standard InChI is InChI=1S/C13H28N2S2/c1-9(2)6-5-7-12(15-14)13-8-16-10(3)11(4)17-13/h9-13,15H,5-8,14H2,1-4H3. The molecule has 0 radical (unpaired) electrons. The van der Waals surface area contributed by atoms with Gasteiger partial charge in [-0.3, -0.25) is 11.3 Å². The fourth-order valence-electron chi connectivity index (χ4n) is 2.14. The van der Waals surface area contributed by atoms with Crippen LogP contribution >= 0.6 is 23.5 Å². The van der Waals surface area contributed by atoms with Crippen molar-refractivity contribution in [2.45, 2.75) is 68.7 Å². The Morgan fingerprint density at radius 2 is 1.94 bits per heavy atom. The highest BCUT2D eigenvalue weighted by Gasteiger charge is 2.30. The van der Waals surface area contributed by atoms with Crippen LogP contribution < -0.4 is 11.3 Å². The normalized spacial score (nSPS) is 31.8. The van der Waals surface area contributed by atoms with E-state index in [9.17, 15) is 0 Å². The molecule has 1 aliphatic rings. The molecule has 0 aromatic heterocycles. The van der Waals surface area contributed by atoms with E-state index in [4.69, 9.17) is 5.84 Å². The molecule has 1 aliphatic heterocycles. The third-order valence-electron chi connectivity index (χ3n) is 3.53. The van der Waals surface area contributed by atoms with Crippen molar-refractivity contribution in [3.05, 3.63) is 0 Å². The number of rotatable bonds is 6. The molecule has 0 saturated carbocycles. The summed E-state index contributed by atoms with van der Waals surface area (Å²) in [5, 5.41) is 2.22. The minimum atomic E-state index is 0.487. The van der Waals surface area contributed by atoms with Crippen molar-refractivity contribution in [3.8, 4) is 0 Å². The molecule has 4 atom stereocenters. The molecule has 1 fully saturated rings. The van der Waals surface area contributed by atoms with E-state index >= 15 is 0 Å². The largest absolute Gasteiger partial charge is 0.271 e. The van der Waals surface area contributed by atoms with Crippen LogP contribution in [0, 0.1) is 5.92 Å².